The Bertz CT molecular complexity index is 516. The quantitative estimate of drug-likeness (QED) is 0.927. The van der Waals surface area contributed by atoms with Gasteiger partial charge in [0.25, 0.3) is 0 Å². The molecule has 0 aromatic heterocycles. The highest BCUT2D eigenvalue weighted by Gasteiger charge is 2.67. The number of benzene rings is 1. The molecule has 3 atom stereocenters. The first-order chi connectivity index (χ1) is 9.90. The van der Waals surface area contributed by atoms with Crippen LogP contribution in [0.25, 0.3) is 0 Å². The zero-order valence-corrected chi connectivity index (χ0v) is 13.1. The summed E-state index contributed by atoms with van der Waals surface area (Å²) < 4.78 is 19.0. The zero-order chi connectivity index (χ0) is 15.3. The summed E-state index contributed by atoms with van der Waals surface area (Å²) in [5.41, 5.74) is 7.57. The molecule has 2 aliphatic rings. The molecule has 3 unspecified atom stereocenters. The average molecular weight is 292 g/mol. The number of ether oxygens (including phenoxy) is 1. The van der Waals surface area contributed by atoms with Gasteiger partial charge < -0.3 is 15.4 Å². The smallest absolute Gasteiger partial charge is 0.123 e. The van der Waals surface area contributed by atoms with E-state index >= 15 is 0 Å². The number of nitrogens with two attached hydrogens (primary N) is 1. The van der Waals surface area contributed by atoms with Gasteiger partial charge in [-0.1, -0.05) is 13.8 Å². The number of hydrogen-bond acceptors (Lipinski definition) is 3. The first kappa shape index (κ1) is 14.8. The van der Waals surface area contributed by atoms with E-state index in [1.165, 1.54) is 12.1 Å². The van der Waals surface area contributed by atoms with Crippen molar-refractivity contribution in [1.29, 1.82) is 0 Å². The molecule has 2 fully saturated rings. The van der Waals surface area contributed by atoms with Gasteiger partial charge >= 0.3 is 0 Å². The van der Waals surface area contributed by atoms with Gasteiger partial charge in [-0.05, 0) is 37.6 Å². The van der Waals surface area contributed by atoms with Gasteiger partial charge in [0.05, 0.1) is 6.10 Å². The van der Waals surface area contributed by atoms with Crippen molar-refractivity contribution < 1.29 is 9.13 Å². The minimum Gasteiger partial charge on any atom is -0.377 e. The van der Waals surface area contributed by atoms with Crippen molar-refractivity contribution in [2.75, 3.05) is 24.6 Å². The molecule has 3 nitrogen and oxygen atoms in total. The van der Waals surface area contributed by atoms with Crippen LogP contribution in [0.15, 0.2) is 24.3 Å². The maximum Gasteiger partial charge on any atom is 0.123 e. The molecule has 1 aliphatic carbocycles. The first-order valence-electron chi connectivity index (χ1n) is 7.81. The summed E-state index contributed by atoms with van der Waals surface area (Å²) in [4.78, 5) is 2.25. The van der Waals surface area contributed by atoms with Crippen LogP contribution in [-0.2, 0) is 4.74 Å². The summed E-state index contributed by atoms with van der Waals surface area (Å²) >= 11 is 0. The van der Waals surface area contributed by atoms with Gasteiger partial charge in [0.2, 0.25) is 0 Å². The molecule has 1 heterocycles. The second-order valence-electron chi connectivity index (χ2n) is 6.94. The van der Waals surface area contributed by atoms with Crippen LogP contribution < -0.4 is 10.6 Å². The topological polar surface area (TPSA) is 38.5 Å². The monoisotopic (exact) mass is 292 g/mol. The first-order valence-corrected chi connectivity index (χ1v) is 7.81. The van der Waals surface area contributed by atoms with Crippen molar-refractivity contribution in [2.24, 2.45) is 17.1 Å². The van der Waals surface area contributed by atoms with Crippen LogP contribution in [0.2, 0.25) is 0 Å². The highest BCUT2D eigenvalue weighted by molar-refractivity contribution is 5.47. The molecule has 4 heteroatoms. The van der Waals surface area contributed by atoms with Gasteiger partial charge in [-0.15, -0.1) is 0 Å². The molecule has 1 saturated carbocycles. The highest BCUT2D eigenvalue weighted by Crippen LogP contribution is 2.58. The molecule has 21 heavy (non-hydrogen) atoms. The van der Waals surface area contributed by atoms with Crippen LogP contribution >= 0.6 is 0 Å². The molecular weight excluding hydrogens is 267 g/mol. The van der Waals surface area contributed by atoms with E-state index in [9.17, 15) is 4.39 Å². The lowest BCUT2D eigenvalue weighted by atomic mass is 9.48. The number of hydrogen-bond donors (Lipinski definition) is 1. The molecule has 0 radical (unpaired) electrons. The fourth-order valence-corrected chi connectivity index (χ4v) is 4.15. The molecule has 2 N–H and O–H groups in total. The number of anilines is 1. The van der Waals surface area contributed by atoms with Crippen molar-refractivity contribution in [3.05, 3.63) is 30.1 Å². The van der Waals surface area contributed by atoms with Crippen molar-refractivity contribution >= 4 is 5.69 Å². The Labute approximate surface area is 126 Å². The van der Waals surface area contributed by atoms with Crippen molar-refractivity contribution in [2.45, 2.75) is 38.8 Å². The van der Waals surface area contributed by atoms with Gasteiger partial charge in [0, 0.05) is 42.3 Å². The number of rotatable bonds is 4. The summed E-state index contributed by atoms with van der Waals surface area (Å²) in [5.74, 6) is 0.229. The lowest BCUT2D eigenvalue weighted by Gasteiger charge is -2.63. The summed E-state index contributed by atoms with van der Waals surface area (Å²) in [6, 6.07) is 6.68. The third-order valence-electron chi connectivity index (χ3n) is 5.69. The zero-order valence-electron chi connectivity index (χ0n) is 13.1. The van der Waals surface area contributed by atoms with Gasteiger partial charge in [-0.2, -0.15) is 0 Å². The fourth-order valence-electron chi connectivity index (χ4n) is 4.15. The fraction of sp³-hybridized carbons (Fsp3) is 0.647. The minimum atomic E-state index is -0.251. The Morgan fingerprint density at radius 3 is 2.62 bits per heavy atom. The molecule has 116 valence electrons. The van der Waals surface area contributed by atoms with Crippen LogP contribution in [0.1, 0.15) is 27.2 Å². The molecule has 0 spiro atoms. The number of fused-ring (bicyclic) bond motifs is 1. The summed E-state index contributed by atoms with van der Waals surface area (Å²) in [7, 11) is 0. The largest absolute Gasteiger partial charge is 0.377 e. The Hall–Kier alpha value is -1.13. The van der Waals surface area contributed by atoms with Crippen LogP contribution in [-0.4, -0.2) is 31.3 Å². The molecule has 1 saturated heterocycles. The highest BCUT2D eigenvalue weighted by atomic mass is 19.1. The van der Waals surface area contributed by atoms with E-state index in [1.807, 2.05) is 12.1 Å². The number of halogens is 1. The number of nitrogens with zero attached hydrogens (tertiary/aromatic N) is 1. The molecule has 0 amide bonds. The Kier molecular flexibility index (Phi) is 3.49. The maximum atomic E-state index is 13.1. The van der Waals surface area contributed by atoms with Crippen molar-refractivity contribution in [1.82, 2.24) is 0 Å². The van der Waals surface area contributed by atoms with E-state index in [0.717, 1.165) is 31.8 Å². The molecular formula is C17H25FN2O. The Morgan fingerprint density at radius 2 is 2.00 bits per heavy atom. The van der Waals surface area contributed by atoms with Crippen LogP contribution in [0, 0.1) is 17.2 Å². The lowest BCUT2D eigenvalue weighted by molar-refractivity contribution is -0.151. The van der Waals surface area contributed by atoms with Crippen molar-refractivity contribution in [3.63, 3.8) is 0 Å². The molecule has 3 rings (SSSR count). The maximum absolute atomic E-state index is 13.1. The minimum absolute atomic E-state index is 0.0262. The Balaban J connectivity index is 1.82. The third kappa shape index (κ3) is 2.08. The van der Waals surface area contributed by atoms with E-state index in [1.54, 1.807) is 0 Å². The van der Waals surface area contributed by atoms with Gasteiger partial charge in [-0.3, -0.25) is 0 Å². The van der Waals surface area contributed by atoms with Gasteiger partial charge in [0.15, 0.2) is 0 Å². The second-order valence-corrected chi connectivity index (χ2v) is 6.94. The predicted octanol–water partition coefficient (Wildman–Crippen LogP) is 2.79. The van der Waals surface area contributed by atoms with Crippen molar-refractivity contribution in [3.8, 4) is 0 Å². The van der Waals surface area contributed by atoms with E-state index in [0.29, 0.717) is 5.92 Å². The SMILES string of the molecule is CCN(CC1(N)C2CCOC2C1(C)C)c1ccc(F)cc1. The Morgan fingerprint density at radius 1 is 1.33 bits per heavy atom. The standard InChI is InChI=1S/C17H25FN2O/c1-4-20(13-7-5-12(18)6-8-13)11-17(19)14-9-10-21-15(14)16(17,2)3/h5-8,14-15H,4,9-11,19H2,1-3H3. The van der Waals surface area contributed by atoms with Gasteiger partial charge in [0.1, 0.15) is 5.82 Å². The van der Waals surface area contributed by atoms with Gasteiger partial charge in [-0.25, -0.2) is 4.39 Å². The summed E-state index contributed by atoms with van der Waals surface area (Å²) in [6.45, 7) is 8.99. The summed E-state index contributed by atoms with van der Waals surface area (Å²) in [6.07, 6.45) is 1.33. The lowest BCUT2D eigenvalue weighted by Crippen LogP contribution is -2.78. The van der Waals surface area contributed by atoms with E-state index in [2.05, 4.69) is 25.7 Å². The van der Waals surface area contributed by atoms with Crippen LogP contribution in [0.4, 0.5) is 10.1 Å². The molecule has 0 bridgehead atoms. The molecule has 1 aromatic rings. The average Bonchev–Trinajstić information content (AvgIpc) is 2.94. The number of likely N-dealkylation sites (N-methyl/N-ethyl adjacent to an activating group) is 1. The van der Waals surface area contributed by atoms with Crippen LogP contribution in [0.5, 0.6) is 0 Å². The van der Waals surface area contributed by atoms with E-state index in [4.69, 9.17) is 10.5 Å². The molecule has 1 aromatic carbocycles. The normalized spacial score (nSPS) is 33.4. The second kappa shape index (κ2) is 4.96. The van der Waals surface area contributed by atoms with E-state index in [-0.39, 0.29) is 22.9 Å². The van der Waals surface area contributed by atoms with E-state index < -0.39 is 0 Å². The summed E-state index contributed by atoms with van der Waals surface area (Å²) in [5, 5.41) is 0. The molecule has 1 aliphatic heterocycles. The van der Waals surface area contributed by atoms with Crippen LogP contribution in [0.3, 0.4) is 0 Å². The third-order valence-corrected chi connectivity index (χ3v) is 5.69. The predicted molar refractivity (Wildman–Crippen MR) is 82.8 cm³/mol.